The molecule has 2 aromatic carbocycles. The number of rotatable bonds is 3. The SMILES string of the molecule is CC(=O)O.c1ccc2c(c1)nc(CCN1CCCCC1)n1c3ccccc3nc21. The molecule has 150 valence electrons. The highest BCUT2D eigenvalue weighted by Crippen LogP contribution is 2.25. The lowest BCUT2D eigenvalue weighted by Gasteiger charge is -2.26. The van der Waals surface area contributed by atoms with Gasteiger partial charge in [0, 0.05) is 25.3 Å². The van der Waals surface area contributed by atoms with E-state index in [1.807, 2.05) is 0 Å². The molecule has 0 radical (unpaired) electrons. The Hall–Kier alpha value is -2.99. The molecular weight excluding hydrogens is 364 g/mol. The fourth-order valence-corrected chi connectivity index (χ4v) is 4.03. The lowest BCUT2D eigenvalue weighted by atomic mass is 10.1. The Morgan fingerprint density at radius 1 is 0.966 bits per heavy atom. The van der Waals surface area contributed by atoms with Crippen LogP contribution in [0, 0.1) is 0 Å². The van der Waals surface area contributed by atoms with Crippen molar-refractivity contribution in [2.45, 2.75) is 32.6 Å². The molecule has 1 N–H and O–H groups in total. The van der Waals surface area contributed by atoms with E-state index in [-0.39, 0.29) is 0 Å². The summed E-state index contributed by atoms with van der Waals surface area (Å²) in [5, 5.41) is 8.54. The second-order valence-electron chi connectivity index (χ2n) is 7.48. The maximum absolute atomic E-state index is 9.00. The first-order chi connectivity index (χ1) is 14.1. The molecule has 1 saturated heterocycles. The van der Waals surface area contributed by atoms with E-state index in [4.69, 9.17) is 19.9 Å². The van der Waals surface area contributed by atoms with E-state index < -0.39 is 5.97 Å². The van der Waals surface area contributed by atoms with Crippen LogP contribution in [0.4, 0.5) is 0 Å². The Morgan fingerprint density at radius 3 is 2.38 bits per heavy atom. The molecule has 0 bridgehead atoms. The Morgan fingerprint density at radius 2 is 1.62 bits per heavy atom. The molecule has 0 unspecified atom stereocenters. The molecule has 0 spiro atoms. The van der Waals surface area contributed by atoms with Gasteiger partial charge in [-0.15, -0.1) is 0 Å². The number of para-hydroxylation sites is 3. The van der Waals surface area contributed by atoms with E-state index in [0.29, 0.717) is 0 Å². The van der Waals surface area contributed by atoms with E-state index in [9.17, 15) is 0 Å². The third-order valence-corrected chi connectivity index (χ3v) is 5.31. The minimum atomic E-state index is -0.833. The number of carbonyl (C=O) groups is 1. The van der Waals surface area contributed by atoms with Crippen LogP contribution in [-0.2, 0) is 11.2 Å². The van der Waals surface area contributed by atoms with Crippen molar-refractivity contribution in [1.82, 2.24) is 19.3 Å². The zero-order valence-electron chi connectivity index (χ0n) is 16.7. The van der Waals surface area contributed by atoms with Crippen molar-refractivity contribution in [2.75, 3.05) is 19.6 Å². The zero-order chi connectivity index (χ0) is 20.2. The number of aliphatic carboxylic acids is 1. The van der Waals surface area contributed by atoms with E-state index in [1.54, 1.807) is 0 Å². The molecule has 2 aromatic heterocycles. The third-order valence-electron chi connectivity index (χ3n) is 5.31. The van der Waals surface area contributed by atoms with Crippen LogP contribution in [0.1, 0.15) is 32.0 Å². The van der Waals surface area contributed by atoms with Gasteiger partial charge in [0.25, 0.3) is 5.97 Å². The molecule has 5 rings (SSSR count). The van der Waals surface area contributed by atoms with Crippen molar-refractivity contribution in [3.05, 3.63) is 54.4 Å². The summed E-state index contributed by atoms with van der Waals surface area (Å²) in [7, 11) is 0. The fraction of sp³-hybridized carbons (Fsp3) is 0.348. The number of aromatic nitrogens is 3. The highest BCUT2D eigenvalue weighted by Gasteiger charge is 2.15. The van der Waals surface area contributed by atoms with Gasteiger partial charge in [0.1, 0.15) is 11.5 Å². The maximum atomic E-state index is 9.00. The van der Waals surface area contributed by atoms with Crippen molar-refractivity contribution < 1.29 is 9.90 Å². The topological polar surface area (TPSA) is 70.7 Å². The molecule has 0 amide bonds. The van der Waals surface area contributed by atoms with E-state index in [0.717, 1.165) is 53.3 Å². The molecule has 3 heterocycles. The minimum Gasteiger partial charge on any atom is -0.481 e. The first-order valence-corrected chi connectivity index (χ1v) is 10.2. The van der Waals surface area contributed by atoms with E-state index in [1.165, 1.54) is 32.4 Å². The van der Waals surface area contributed by atoms with Crippen molar-refractivity contribution in [3.8, 4) is 0 Å². The molecule has 1 aliphatic rings. The highest BCUT2D eigenvalue weighted by molar-refractivity contribution is 5.96. The quantitative estimate of drug-likeness (QED) is 0.569. The number of carboxylic acids is 1. The van der Waals surface area contributed by atoms with Gasteiger partial charge in [-0.2, -0.15) is 0 Å². The summed E-state index contributed by atoms with van der Waals surface area (Å²) in [5.41, 5.74) is 4.27. The third kappa shape index (κ3) is 4.22. The van der Waals surface area contributed by atoms with Gasteiger partial charge in [-0.3, -0.25) is 9.20 Å². The average Bonchev–Trinajstić information content (AvgIpc) is 3.12. The monoisotopic (exact) mass is 390 g/mol. The number of hydrogen-bond donors (Lipinski definition) is 1. The van der Waals surface area contributed by atoms with Crippen molar-refractivity contribution in [1.29, 1.82) is 0 Å². The molecule has 29 heavy (non-hydrogen) atoms. The van der Waals surface area contributed by atoms with Gasteiger partial charge in [0.2, 0.25) is 0 Å². The number of fused-ring (bicyclic) bond motifs is 5. The summed E-state index contributed by atoms with van der Waals surface area (Å²) in [6.07, 6.45) is 4.99. The van der Waals surface area contributed by atoms with Gasteiger partial charge in [-0.25, -0.2) is 9.97 Å². The summed E-state index contributed by atoms with van der Waals surface area (Å²) in [5.74, 6) is 0.285. The first-order valence-electron chi connectivity index (χ1n) is 10.2. The Labute approximate surface area is 169 Å². The predicted molar refractivity (Wildman–Crippen MR) is 115 cm³/mol. The lowest BCUT2D eigenvalue weighted by Crippen LogP contribution is -2.32. The van der Waals surface area contributed by atoms with Crippen molar-refractivity contribution in [2.24, 2.45) is 0 Å². The summed E-state index contributed by atoms with van der Waals surface area (Å²) in [6.45, 7) is 4.61. The molecular formula is C23H26N4O2. The average molecular weight is 390 g/mol. The van der Waals surface area contributed by atoms with Crippen LogP contribution in [-0.4, -0.2) is 50.0 Å². The number of imidazole rings is 1. The summed E-state index contributed by atoms with van der Waals surface area (Å²) in [6, 6.07) is 16.7. The number of carboxylic acid groups (broad SMARTS) is 1. The predicted octanol–water partition coefficient (Wildman–Crippen LogP) is 4.16. The largest absolute Gasteiger partial charge is 0.481 e. The molecule has 1 fully saturated rings. The van der Waals surface area contributed by atoms with Crippen LogP contribution < -0.4 is 0 Å². The van der Waals surface area contributed by atoms with Crippen molar-refractivity contribution >= 4 is 33.6 Å². The second-order valence-corrected chi connectivity index (χ2v) is 7.48. The number of benzene rings is 2. The lowest BCUT2D eigenvalue weighted by molar-refractivity contribution is -0.134. The molecule has 0 aliphatic carbocycles. The molecule has 0 saturated carbocycles. The Kier molecular flexibility index (Phi) is 5.71. The number of hydrogen-bond acceptors (Lipinski definition) is 4. The standard InChI is InChI=1S/C21H22N4.C2H4O2/c1-6-13-24(14-7-1)15-12-20-22-17-9-3-2-8-16(17)21-23-18-10-4-5-11-19(18)25(20)21;1-2(3)4/h2-5,8-11H,1,6-7,12-15H2;1H3,(H,3,4). The summed E-state index contributed by atoms with van der Waals surface area (Å²) >= 11 is 0. The fourth-order valence-electron chi connectivity index (χ4n) is 4.03. The van der Waals surface area contributed by atoms with Crippen LogP contribution in [0.15, 0.2) is 48.5 Å². The maximum Gasteiger partial charge on any atom is 0.300 e. The number of likely N-dealkylation sites (tertiary alicyclic amines) is 1. The Balaban J connectivity index is 0.000000472. The second kappa shape index (κ2) is 8.57. The molecule has 6 heteroatoms. The van der Waals surface area contributed by atoms with E-state index in [2.05, 4.69) is 57.8 Å². The van der Waals surface area contributed by atoms with Gasteiger partial charge in [0.05, 0.1) is 16.6 Å². The summed E-state index contributed by atoms with van der Waals surface area (Å²) < 4.78 is 2.27. The van der Waals surface area contributed by atoms with Crippen LogP contribution in [0.25, 0.3) is 27.6 Å². The van der Waals surface area contributed by atoms with Crippen LogP contribution in [0.2, 0.25) is 0 Å². The molecule has 0 atom stereocenters. The zero-order valence-corrected chi connectivity index (χ0v) is 16.7. The smallest absolute Gasteiger partial charge is 0.300 e. The first kappa shape index (κ1) is 19.3. The van der Waals surface area contributed by atoms with E-state index >= 15 is 0 Å². The van der Waals surface area contributed by atoms with Gasteiger partial charge in [0.15, 0.2) is 0 Å². The number of nitrogens with zero attached hydrogens (tertiary/aromatic N) is 4. The molecule has 4 aromatic rings. The number of piperidine rings is 1. The van der Waals surface area contributed by atoms with Crippen molar-refractivity contribution in [3.63, 3.8) is 0 Å². The van der Waals surface area contributed by atoms with Crippen LogP contribution >= 0.6 is 0 Å². The summed E-state index contributed by atoms with van der Waals surface area (Å²) in [4.78, 5) is 21.5. The van der Waals surface area contributed by atoms with Crippen LogP contribution in [0.3, 0.4) is 0 Å². The molecule has 1 aliphatic heterocycles. The van der Waals surface area contributed by atoms with Crippen LogP contribution in [0.5, 0.6) is 0 Å². The highest BCUT2D eigenvalue weighted by atomic mass is 16.4. The minimum absolute atomic E-state index is 0.833. The van der Waals surface area contributed by atoms with Gasteiger partial charge in [-0.05, 0) is 50.2 Å². The van der Waals surface area contributed by atoms with Gasteiger partial charge < -0.3 is 10.0 Å². The van der Waals surface area contributed by atoms with Gasteiger partial charge >= 0.3 is 0 Å². The normalized spacial score (nSPS) is 14.8. The van der Waals surface area contributed by atoms with Gasteiger partial charge in [-0.1, -0.05) is 30.7 Å². The molecule has 6 nitrogen and oxygen atoms in total. The Bertz CT molecular complexity index is 1140.